The molecule has 1 aromatic heterocycles. The number of aliphatic carboxylic acids is 1. The number of ether oxygens (including phenoxy) is 1. The number of nitrogens with zero attached hydrogens (tertiary/aromatic N) is 1. The Hall–Kier alpha value is -2.02. The monoisotopic (exact) mass is 268 g/mol. The molecule has 102 valence electrons. The molecule has 2 N–H and O–H groups in total. The molecular weight excluding hydrogens is 255 g/mol. The quantitative estimate of drug-likeness (QED) is 0.783. The third-order valence-electron chi connectivity index (χ3n) is 3.10. The summed E-state index contributed by atoms with van der Waals surface area (Å²) in [6.45, 7) is 0.544. The average Bonchev–Trinajstić information content (AvgIpc) is 2.40. The molecule has 1 aromatic rings. The van der Waals surface area contributed by atoms with E-state index in [2.05, 4.69) is 10.3 Å². The number of rotatable bonds is 3. The summed E-state index contributed by atoms with van der Waals surface area (Å²) in [5, 5.41) is 11.8. The number of carboxylic acids is 1. The average molecular weight is 268 g/mol. The topological polar surface area (TPSA) is 88.5 Å². The summed E-state index contributed by atoms with van der Waals surface area (Å²) in [5.74, 6) is -2.38. The van der Waals surface area contributed by atoms with Crippen LogP contribution in [-0.4, -0.2) is 40.7 Å². The minimum Gasteiger partial charge on any atom is -0.480 e. The highest BCUT2D eigenvalue weighted by atomic mass is 19.1. The van der Waals surface area contributed by atoms with E-state index >= 15 is 0 Å². The summed E-state index contributed by atoms with van der Waals surface area (Å²) in [5.41, 5.74) is -1.21. The van der Waals surface area contributed by atoms with Crippen molar-refractivity contribution in [2.45, 2.75) is 18.4 Å². The van der Waals surface area contributed by atoms with E-state index in [9.17, 15) is 19.1 Å². The Balaban J connectivity index is 2.15. The molecule has 2 heterocycles. The minimum absolute atomic E-state index is 0.119. The second-order valence-electron chi connectivity index (χ2n) is 4.32. The Labute approximate surface area is 108 Å². The molecule has 1 aliphatic rings. The number of nitrogens with one attached hydrogen (secondary N) is 1. The number of carboxylic acid groups (broad SMARTS) is 1. The predicted molar refractivity (Wildman–Crippen MR) is 62.1 cm³/mol. The normalized spacial score (nSPS) is 17.7. The molecule has 0 unspecified atom stereocenters. The fourth-order valence-electron chi connectivity index (χ4n) is 1.91. The van der Waals surface area contributed by atoms with Crippen LogP contribution in [0.3, 0.4) is 0 Å². The van der Waals surface area contributed by atoms with Gasteiger partial charge < -0.3 is 15.2 Å². The van der Waals surface area contributed by atoms with Crippen LogP contribution in [0.5, 0.6) is 0 Å². The van der Waals surface area contributed by atoms with Crippen LogP contribution in [0.4, 0.5) is 4.39 Å². The number of halogens is 1. The molecule has 19 heavy (non-hydrogen) atoms. The second kappa shape index (κ2) is 5.31. The lowest BCUT2D eigenvalue weighted by molar-refractivity contribution is -0.148. The minimum atomic E-state index is -1.33. The molecule has 0 aromatic carbocycles. The summed E-state index contributed by atoms with van der Waals surface area (Å²) in [6.07, 6.45) is 1.46. The van der Waals surface area contributed by atoms with Gasteiger partial charge in [-0.15, -0.1) is 0 Å². The van der Waals surface area contributed by atoms with Gasteiger partial charge in [0.25, 0.3) is 5.91 Å². The molecule has 7 heteroatoms. The number of carbonyl (C=O) groups is 2. The molecule has 1 fully saturated rings. The molecule has 0 aliphatic carbocycles. The van der Waals surface area contributed by atoms with Crippen LogP contribution < -0.4 is 5.32 Å². The van der Waals surface area contributed by atoms with Gasteiger partial charge in [-0.2, -0.15) is 4.39 Å². The smallest absolute Gasteiger partial charge is 0.329 e. The molecule has 0 radical (unpaired) electrons. The maximum Gasteiger partial charge on any atom is 0.329 e. The molecule has 1 saturated heterocycles. The fourth-order valence-corrected chi connectivity index (χ4v) is 1.91. The van der Waals surface area contributed by atoms with Gasteiger partial charge in [-0.05, 0) is 12.1 Å². The Morgan fingerprint density at radius 2 is 2.05 bits per heavy atom. The van der Waals surface area contributed by atoms with Crippen molar-refractivity contribution in [3.05, 3.63) is 29.8 Å². The maximum absolute atomic E-state index is 12.7. The van der Waals surface area contributed by atoms with Gasteiger partial charge in [-0.25, -0.2) is 9.78 Å². The van der Waals surface area contributed by atoms with Gasteiger partial charge in [0, 0.05) is 32.3 Å². The first-order valence-electron chi connectivity index (χ1n) is 5.79. The SMILES string of the molecule is O=C(NC1(C(=O)O)CCOCC1)c1ccc(F)nc1. The van der Waals surface area contributed by atoms with Gasteiger partial charge >= 0.3 is 5.97 Å². The number of pyridine rings is 1. The van der Waals surface area contributed by atoms with Crippen molar-refractivity contribution in [3.8, 4) is 0 Å². The summed E-state index contributed by atoms with van der Waals surface area (Å²) >= 11 is 0. The molecular formula is C12H13FN2O4. The summed E-state index contributed by atoms with van der Waals surface area (Å²) in [4.78, 5) is 26.7. The molecule has 0 spiro atoms. The number of aromatic nitrogens is 1. The molecule has 0 saturated carbocycles. The summed E-state index contributed by atoms with van der Waals surface area (Å²) in [7, 11) is 0. The van der Waals surface area contributed by atoms with Gasteiger partial charge in [0.2, 0.25) is 5.95 Å². The Kier molecular flexibility index (Phi) is 3.75. The number of amides is 1. The second-order valence-corrected chi connectivity index (χ2v) is 4.32. The van der Waals surface area contributed by atoms with Gasteiger partial charge in [0.1, 0.15) is 5.54 Å². The molecule has 1 amide bonds. The lowest BCUT2D eigenvalue weighted by Gasteiger charge is -2.33. The number of hydrogen-bond acceptors (Lipinski definition) is 4. The zero-order chi connectivity index (χ0) is 13.9. The van der Waals surface area contributed by atoms with Crippen LogP contribution >= 0.6 is 0 Å². The van der Waals surface area contributed by atoms with Crippen LogP contribution in [0.25, 0.3) is 0 Å². The lowest BCUT2D eigenvalue weighted by atomic mass is 9.90. The van der Waals surface area contributed by atoms with Crippen LogP contribution in [0, 0.1) is 5.95 Å². The van der Waals surface area contributed by atoms with E-state index in [0.717, 1.165) is 12.3 Å². The highest BCUT2D eigenvalue weighted by Gasteiger charge is 2.41. The van der Waals surface area contributed by atoms with Crippen molar-refractivity contribution < 1.29 is 23.8 Å². The molecule has 0 atom stereocenters. The van der Waals surface area contributed by atoms with E-state index in [1.807, 2.05) is 0 Å². The third-order valence-corrected chi connectivity index (χ3v) is 3.10. The first-order valence-corrected chi connectivity index (χ1v) is 5.79. The van der Waals surface area contributed by atoms with Gasteiger partial charge in [0.05, 0.1) is 5.56 Å². The van der Waals surface area contributed by atoms with E-state index in [0.29, 0.717) is 0 Å². The summed E-state index contributed by atoms with van der Waals surface area (Å²) in [6, 6.07) is 2.30. The van der Waals surface area contributed by atoms with Gasteiger partial charge in [-0.3, -0.25) is 4.79 Å². The number of hydrogen-bond donors (Lipinski definition) is 2. The first kappa shape index (κ1) is 13.4. The summed E-state index contributed by atoms with van der Waals surface area (Å²) < 4.78 is 17.8. The zero-order valence-corrected chi connectivity index (χ0v) is 10.1. The Bertz CT molecular complexity index is 483. The van der Waals surface area contributed by atoms with Crippen molar-refractivity contribution >= 4 is 11.9 Å². The Morgan fingerprint density at radius 1 is 1.37 bits per heavy atom. The highest BCUT2D eigenvalue weighted by molar-refractivity contribution is 5.97. The van der Waals surface area contributed by atoms with Gasteiger partial charge in [-0.1, -0.05) is 0 Å². The molecule has 2 rings (SSSR count). The predicted octanol–water partition coefficient (Wildman–Crippen LogP) is 0.584. The molecule has 1 aliphatic heterocycles. The van der Waals surface area contributed by atoms with Crippen LogP contribution in [-0.2, 0) is 9.53 Å². The van der Waals surface area contributed by atoms with Gasteiger partial charge in [0.15, 0.2) is 0 Å². The lowest BCUT2D eigenvalue weighted by Crippen LogP contribution is -2.57. The van der Waals surface area contributed by atoms with Crippen molar-refractivity contribution in [2.75, 3.05) is 13.2 Å². The van der Waals surface area contributed by atoms with E-state index in [4.69, 9.17) is 4.74 Å². The third kappa shape index (κ3) is 2.87. The van der Waals surface area contributed by atoms with Crippen LogP contribution in [0.15, 0.2) is 18.3 Å². The highest BCUT2D eigenvalue weighted by Crippen LogP contribution is 2.21. The number of carbonyl (C=O) groups excluding carboxylic acids is 1. The van der Waals surface area contributed by atoms with E-state index < -0.39 is 23.4 Å². The Morgan fingerprint density at radius 3 is 2.58 bits per heavy atom. The van der Waals surface area contributed by atoms with E-state index in [1.54, 1.807) is 0 Å². The van der Waals surface area contributed by atoms with Crippen LogP contribution in [0.1, 0.15) is 23.2 Å². The standard InChI is InChI=1S/C12H13FN2O4/c13-9-2-1-8(7-14-9)10(16)15-12(11(17)18)3-5-19-6-4-12/h1-2,7H,3-6H2,(H,15,16)(H,17,18). The van der Waals surface area contributed by atoms with Crippen molar-refractivity contribution in [1.82, 2.24) is 10.3 Å². The molecule has 6 nitrogen and oxygen atoms in total. The maximum atomic E-state index is 12.7. The fraction of sp³-hybridized carbons (Fsp3) is 0.417. The van der Waals surface area contributed by atoms with E-state index in [-0.39, 0.29) is 31.6 Å². The van der Waals surface area contributed by atoms with Crippen molar-refractivity contribution in [2.24, 2.45) is 0 Å². The van der Waals surface area contributed by atoms with E-state index in [1.165, 1.54) is 6.07 Å². The first-order chi connectivity index (χ1) is 9.03. The van der Waals surface area contributed by atoms with Crippen molar-refractivity contribution in [1.29, 1.82) is 0 Å². The van der Waals surface area contributed by atoms with Crippen LogP contribution in [0.2, 0.25) is 0 Å². The zero-order valence-electron chi connectivity index (χ0n) is 10.1. The molecule has 0 bridgehead atoms. The van der Waals surface area contributed by atoms with Crippen molar-refractivity contribution in [3.63, 3.8) is 0 Å². The largest absolute Gasteiger partial charge is 0.480 e.